The fraction of sp³-hybridized carbons (Fsp3) is 0.400. The van der Waals surface area contributed by atoms with Gasteiger partial charge in [-0.05, 0) is 46.9 Å². The van der Waals surface area contributed by atoms with E-state index in [0.717, 1.165) is 8.47 Å². The van der Waals surface area contributed by atoms with Crippen LogP contribution in [0.3, 0.4) is 0 Å². The molecule has 2 rings (SSSR count). The molecular formula is C10H8F4IN. The van der Waals surface area contributed by atoms with Crippen LogP contribution in [0, 0.1) is 3.57 Å². The van der Waals surface area contributed by atoms with Gasteiger partial charge in [-0.2, -0.15) is 17.6 Å². The Labute approximate surface area is 104 Å². The lowest BCUT2D eigenvalue weighted by atomic mass is 10.2. The molecule has 1 aliphatic heterocycles. The van der Waals surface area contributed by atoms with Crippen LogP contribution in [0.25, 0.3) is 0 Å². The molecule has 88 valence electrons. The molecule has 1 saturated heterocycles. The second-order valence-corrected chi connectivity index (χ2v) is 4.99. The number of rotatable bonds is 1. The van der Waals surface area contributed by atoms with Crippen molar-refractivity contribution < 1.29 is 17.6 Å². The van der Waals surface area contributed by atoms with Crippen molar-refractivity contribution in [3.05, 3.63) is 27.8 Å². The van der Waals surface area contributed by atoms with E-state index in [1.807, 2.05) is 0 Å². The molecule has 0 aliphatic carbocycles. The topological polar surface area (TPSA) is 3.24 Å². The van der Waals surface area contributed by atoms with Gasteiger partial charge in [0.25, 0.3) is 0 Å². The van der Waals surface area contributed by atoms with Crippen LogP contribution in [0.2, 0.25) is 0 Å². The summed E-state index contributed by atoms with van der Waals surface area (Å²) in [7, 11) is 0. The predicted molar refractivity (Wildman–Crippen MR) is 61.3 cm³/mol. The molecular weight excluding hydrogens is 337 g/mol. The largest absolute Gasteiger partial charge is 0.359 e. The van der Waals surface area contributed by atoms with Crippen LogP contribution in [0.4, 0.5) is 23.2 Å². The van der Waals surface area contributed by atoms with E-state index in [1.165, 1.54) is 0 Å². The second kappa shape index (κ2) is 3.75. The van der Waals surface area contributed by atoms with Crippen molar-refractivity contribution in [1.29, 1.82) is 0 Å². The second-order valence-electron chi connectivity index (χ2n) is 3.74. The Morgan fingerprint density at radius 3 is 1.81 bits per heavy atom. The highest BCUT2D eigenvalue weighted by Gasteiger charge is 2.62. The summed E-state index contributed by atoms with van der Waals surface area (Å²) < 4.78 is 52.7. The number of anilines is 1. The van der Waals surface area contributed by atoms with E-state index < -0.39 is 24.9 Å². The lowest BCUT2D eigenvalue weighted by Gasteiger charge is -2.16. The van der Waals surface area contributed by atoms with Gasteiger partial charge in [0.15, 0.2) is 0 Å². The molecule has 16 heavy (non-hydrogen) atoms. The minimum atomic E-state index is -3.95. The van der Waals surface area contributed by atoms with Crippen LogP contribution in [-0.2, 0) is 0 Å². The quantitative estimate of drug-likeness (QED) is 0.557. The summed E-state index contributed by atoms with van der Waals surface area (Å²) in [4.78, 5) is 1.01. The van der Waals surface area contributed by atoms with Gasteiger partial charge in [-0.3, -0.25) is 0 Å². The summed E-state index contributed by atoms with van der Waals surface area (Å²) in [6, 6.07) is 6.54. The van der Waals surface area contributed by atoms with E-state index in [4.69, 9.17) is 0 Å². The lowest BCUT2D eigenvalue weighted by Crippen LogP contribution is -2.38. The first-order valence-corrected chi connectivity index (χ1v) is 5.66. The van der Waals surface area contributed by atoms with Crippen LogP contribution in [0.1, 0.15) is 0 Å². The first kappa shape index (κ1) is 11.9. The summed E-state index contributed by atoms with van der Waals surface area (Å²) >= 11 is 2.06. The van der Waals surface area contributed by atoms with Crippen LogP contribution in [0.15, 0.2) is 24.3 Å². The van der Waals surface area contributed by atoms with Gasteiger partial charge < -0.3 is 4.90 Å². The van der Waals surface area contributed by atoms with Crippen LogP contribution >= 0.6 is 22.6 Å². The average molecular weight is 345 g/mol. The normalized spacial score (nSPS) is 22.4. The molecule has 1 nitrogen and oxygen atoms in total. The first-order chi connectivity index (χ1) is 7.32. The number of hydrogen-bond donors (Lipinski definition) is 0. The van der Waals surface area contributed by atoms with Gasteiger partial charge in [-0.15, -0.1) is 0 Å². The van der Waals surface area contributed by atoms with Crippen LogP contribution in [-0.4, -0.2) is 24.9 Å². The standard InChI is InChI=1S/C10H8F4IN/c11-9(12)5-16(6-10(9,13)14)8-3-1-7(15)2-4-8/h1-4H,5-6H2. The third kappa shape index (κ3) is 1.99. The molecule has 0 amide bonds. The van der Waals surface area contributed by atoms with Gasteiger partial charge in [0.05, 0.1) is 13.1 Å². The molecule has 1 aromatic rings. The van der Waals surface area contributed by atoms with Gasteiger partial charge in [0.2, 0.25) is 0 Å². The number of nitrogens with zero attached hydrogens (tertiary/aromatic N) is 1. The zero-order valence-electron chi connectivity index (χ0n) is 8.06. The molecule has 1 heterocycles. The molecule has 0 radical (unpaired) electrons. The highest BCUT2D eigenvalue weighted by Crippen LogP contribution is 2.42. The summed E-state index contributed by atoms with van der Waals surface area (Å²) in [6.07, 6.45) is 0. The minimum Gasteiger partial charge on any atom is -0.359 e. The average Bonchev–Trinajstić information content (AvgIpc) is 2.37. The maximum absolute atomic E-state index is 12.9. The van der Waals surface area contributed by atoms with E-state index >= 15 is 0 Å². The third-order valence-electron chi connectivity index (χ3n) is 2.51. The zero-order valence-corrected chi connectivity index (χ0v) is 10.2. The smallest absolute Gasteiger partial charge is 0.329 e. The number of hydrogen-bond acceptors (Lipinski definition) is 1. The monoisotopic (exact) mass is 345 g/mol. The van der Waals surface area contributed by atoms with E-state index in [0.29, 0.717) is 5.69 Å². The molecule has 0 aromatic heterocycles. The molecule has 0 spiro atoms. The fourth-order valence-corrected chi connectivity index (χ4v) is 1.96. The SMILES string of the molecule is FC1(F)CN(c2ccc(I)cc2)CC1(F)F. The van der Waals surface area contributed by atoms with E-state index in [2.05, 4.69) is 22.6 Å². The molecule has 0 bridgehead atoms. The molecule has 0 unspecified atom stereocenters. The van der Waals surface area contributed by atoms with Crippen LogP contribution in [0.5, 0.6) is 0 Å². The maximum Gasteiger partial charge on any atom is 0.329 e. The Bertz CT molecular complexity index is 374. The van der Waals surface area contributed by atoms with E-state index in [9.17, 15) is 17.6 Å². The fourth-order valence-electron chi connectivity index (χ4n) is 1.60. The summed E-state index contributed by atoms with van der Waals surface area (Å²) in [5.74, 6) is -7.90. The van der Waals surface area contributed by atoms with Crippen LogP contribution < -0.4 is 4.90 Å². The summed E-state index contributed by atoms with van der Waals surface area (Å²) in [6.45, 7) is -1.86. The Kier molecular flexibility index (Phi) is 2.80. The first-order valence-electron chi connectivity index (χ1n) is 4.58. The summed E-state index contributed by atoms with van der Waals surface area (Å²) in [5.41, 5.74) is 0.400. The molecule has 1 aliphatic rings. The van der Waals surface area contributed by atoms with Crippen molar-refractivity contribution in [1.82, 2.24) is 0 Å². The molecule has 1 fully saturated rings. The summed E-state index contributed by atoms with van der Waals surface area (Å²) in [5, 5.41) is 0. The number of halogens is 5. The van der Waals surface area contributed by atoms with Crippen molar-refractivity contribution in [3.63, 3.8) is 0 Å². The molecule has 6 heteroatoms. The van der Waals surface area contributed by atoms with Gasteiger partial charge in [0.1, 0.15) is 0 Å². The Hall–Kier alpha value is -0.530. The molecule has 1 aromatic carbocycles. The number of benzene rings is 1. The Morgan fingerprint density at radius 1 is 0.938 bits per heavy atom. The van der Waals surface area contributed by atoms with E-state index in [1.54, 1.807) is 24.3 Å². The van der Waals surface area contributed by atoms with Crippen molar-refractivity contribution in [2.75, 3.05) is 18.0 Å². The van der Waals surface area contributed by atoms with Crippen molar-refractivity contribution in [2.45, 2.75) is 11.8 Å². The highest BCUT2D eigenvalue weighted by molar-refractivity contribution is 14.1. The predicted octanol–water partition coefficient (Wildman–Crippen LogP) is 3.38. The van der Waals surface area contributed by atoms with Gasteiger partial charge in [-0.1, -0.05) is 0 Å². The molecule has 0 atom stereocenters. The van der Waals surface area contributed by atoms with E-state index in [-0.39, 0.29) is 0 Å². The Balaban J connectivity index is 2.23. The minimum absolute atomic E-state index is 0.400. The van der Waals surface area contributed by atoms with Crippen molar-refractivity contribution in [3.8, 4) is 0 Å². The van der Waals surface area contributed by atoms with Crippen molar-refractivity contribution in [2.24, 2.45) is 0 Å². The third-order valence-corrected chi connectivity index (χ3v) is 3.22. The lowest BCUT2D eigenvalue weighted by molar-refractivity contribution is -0.172. The zero-order chi connectivity index (χ0) is 12.0. The Morgan fingerprint density at radius 2 is 1.38 bits per heavy atom. The molecule has 0 saturated carbocycles. The maximum atomic E-state index is 12.9. The van der Waals surface area contributed by atoms with Gasteiger partial charge in [-0.25, -0.2) is 0 Å². The van der Waals surface area contributed by atoms with Crippen molar-refractivity contribution >= 4 is 28.3 Å². The highest BCUT2D eigenvalue weighted by atomic mass is 127. The molecule has 0 N–H and O–H groups in total. The van der Waals surface area contributed by atoms with Gasteiger partial charge >= 0.3 is 11.8 Å². The van der Waals surface area contributed by atoms with Gasteiger partial charge in [0, 0.05) is 9.26 Å². The number of alkyl halides is 4.